The van der Waals surface area contributed by atoms with Gasteiger partial charge >= 0.3 is 0 Å². The number of nitrogens with zero attached hydrogens (tertiary/aromatic N) is 2. The second-order valence-corrected chi connectivity index (χ2v) is 5.08. The van der Waals surface area contributed by atoms with E-state index < -0.39 is 0 Å². The third-order valence-electron chi connectivity index (χ3n) is 3.39. The smallest absolute Gasteiger partial charge is 0.131 e. The van der Waals surface area contributed by atoms with Gasteiger partial charge in [-0.25, -0.2) is 0 Å². The summed E-state index contributed by atoms with van der Waals surface area (Å²) in [6, 6.07) is 7.86. The van der Waals surface area contributed by atoms with Gasteiger partial charge in [-0.1, -0.05) is 42.8 Å². The second kappa shape index (κ2) is 6.88. The Hall–Kier alpha value is -1.36. The fourth-order valence-electron chi connectivity index (χ4n) is 2.27. The minimum absolute atomic E-state index is 0.0612. The number of nitrogens with one attached hydrogen (secondary N) is 1. The summed E-state index contributed by atoms with van der Waals surface area (Å²) in [6.45, 7) is 3.51. The molecule has 2 aromatic rings. The van der Waals surface area contributed by atoms with Gasteiger partial charge in [-0.15, -0.1) is 0 Å². The number of hydrogen-bond acceptors (Lipinski definition) is 3. The maximum atomic E-state index is 9.30. The first-order chi connectivity index (χ1) is 9.67. The molecule has 0 atom stereocenters. The number of aromatic nitrogens is 2. The summed E-state index contributed by atoms with van der Waals surface area (Å²) < 4.78 is 1.71. The van der Waals surface area contributed by atoms with Crippen LogP contribution in [0.2, 0.25) is 5.15 Å². The largest absolute Gasteiger partial charge is 0.392 e. The summed E-state index contributed by atoms with van der Waals surface area (Å²) >= 11 is 6.25. The van der Waals surface area contributed by atoms with Gasteiger partial charge in [0.2, 0.25) is 0 Å². The number of aliphatic hydroxyl groups excluding tert-OH is 1. The van der Waals surface area contributed by atoms with Crippen LogP contribution < -0.4 is 5.32 Å². The van der Waals surface area contributed by atoms with Crippen molar-refractivity contribution in [1.29, 1.82) is 0 Å². The van der Waals surface area contributed by atoms with E-state index in [1.165, 1.54) is 0 Å². The average Bonchev–Trinajstić information content (AvgIpc) is 2.75. The van der Waals surface area contributed by atoms with Crippen LogP contribution in [0.25, 0.3) is 0 Å². The third-order valence-corrected chi connectivity index (χ3v) is 3.87. The van der Waals surface area contributed by atoms with Gasteiger partial charge in [0.15, 0.2) is 0 Å². The van der Waals surface area contributed by atoms with E-state index in [2.05, 4.69) is 17.3 Å². The molecule has 2 N–H and O–H groups in total. The van der Waals surface area contributed by atoms with Crippen molar-refractivity contribution in [2.24, 2.45) is 7.05 Å². The Morgan fingerprint density at radius 3 is 2.60 bits per heavy atom. The van der Waals surface area contributed by atoms with Crippen LogP contribution in [0.15, 0.2) is 24.3 Å². The van der Waals surface area contributed by atoms with Crippen molar-refractivity contribution >= 4 is 11.6 Å². The first kappa shape index (κ1) is 15.0. The summed E-state index contributed by atoms with van der Waals surface area (Å²) in [6.07, 6.45) is 0.866. The maximum absolute atomic E-state index is 9.30. The van der Waals surface area contributed by atoms with Crippen LogP contribution in [0.5, 0.6) is 0 Å². The number of hydrogen-bond donors (Lipinski definition) is 2. The fourth-order valence-corrected chi connectivity index (χ4v) is 2.48. The SMILES string of the molecule is CCc1nn(C)c(Cl)c1CNCc1ccccc1CO. The van der Waals surface area contributed by atoms with Crippen LogP contribution in [-0.2, 0) is 33.2 Å². The summed E-state index contributed by atoms with van der Waals surface area (Å²) in [5.41, 5.74) is 4.14. The van der Waals surface area contributed by atoms with E-state index in [-0.39, 0.29) is 6.61 Å². The summed E-state index contributed by atoms with van der Waals surface area (Å²) in [7, 11) is 1.85. The van der Waals surface area contributed by atoms with Gasteiger partial charge in [0.05, 0.1) is 12.3 Å². The van der Waals surface area contributed by atoms with Crippen molar-refractivity contribution in [3.05, 3.63) is 51.8 Å². The highest BCUT2D eigenvalue weighted by Gasteiger charge is 2.12. The van der Waals surface area contributed by atoms with E-state index in [1.807, 2.05) is 31.3 Å². The van der Waals surface area contributed by atoms with Crippen molar-refractivity contribution in [2.75, 3.05) is 0 Å². The molecule has 0 unspecified atom stereocenters. The molecule has 4 nitrogen and oxygen atoms in total. The highest BCUT2D eigenvalue weighted by atomic mass is 35.5. The minimum Gasteiger partial charge on any atom is -0.392 e. The summed E-state index contributed by atoms with van der Waals surface area (Å²) in [4.78, 5) is 0. The van der Waals surface area contributed by atoms with Crippen molar-refractivity contribution in [1.82, 2.24) is 15.1 Å². The number of halogens is 1. The third kappa shape index (κ3) is 3.20. The Morgan fingerprint density at radius 1 is 1.25 bits per heavy atom. The highest BCUT2D eigenvalue weighted by molar-refractivity contribution is 6.30. The molecule has 0 amide bonds. The topological polar surface area (TPSA) is 50.1 Å². The molecular weight excluding hydrogens is 274 g/mol. The quantitative estimate of drug-likeness (QED) is 0.860. The van der Waals surface area contributed by atoms with E-state index in [9.17, 15) is 5.11 Å². The molecule has 2 rings (SSSR count). The Balaban J connectivity index is 2.03. The van der Waals surface area contributed by atoms with Crippen LogP contribution >= 0.6 is 11.6 Å². The molecule has 5 heteroatoms. The monoisotopic (exact) mass is 293 g/mol. The minimum atomic E-state index is 0.0612. The maximum Gasteiger partial charge on any atom is 0.131 e. The molecule has 0 bridgehead atoms. The molecule has 1 heterocycles. The second-order valence-electron chi connectivity index (χ2n) is 4.72. The average molecular weight is 294 g/mol. The van der Waals surface area contributed by atoms with E-state index in [0.717, 1.165) is 28.8 Å². The van der Waals surface area contributed by atoms with Gasteiger partial charge in [-0.05, 0) is 17.5 Å². The summed E-state index contributed by atoms with van der Waals surface area (Å²) in [5.74, 6) is 0. The molecule has 1 aromatic carbocycles. The van der Waals surface area contributed by atoms with Crippen LogP contribution in [0.3, 0.4) is 0 Å². The van der Waals surface area contributed by atoms with Gasteiger partial charge in [0, 0.05) is 25.7 Å². The lowest BCUT2D eigenvalue weighted by atomic mass is 10.1. The lowest BCUT2D eigenvalue weighted by molar-refractivity contribution is 0.280. The molecule has 0 saturated carbocycles. The standard InChI is InChI=1S/C15H20ClN3O/c1-3-14-13(15(16)19(2)18-14)9-17-8-11-6-4-5-7-12(11)10-20/h4-7,17,20H,3,8-10H2,1-2H3. The molecule has 20 heavy (non-hydrogen) atoms. The van der Waals surface area contributed by atoms with E-state index in [4.69, 9.17) is 11.6 Å². The van der Waals surface area contributed by atoms with Gasteiger partial charge < -0.3 is 10.4 Å². The fraction of sp³-hybridized carbons (Fsp3) is 0.400. The molecule has 0 fully saturated rings. The molecule has 1 aromatic heterocycles. The van der Waals surface area contributed by atoms with Gasteiger partial charge in [0.1, 0.15) is 5.15 Å². The van der Waals surface area contributed by atoms with Crippen molar-refractivity contribution in [3.63, 3.8) is 0 Å². The Kier molecular flexibility index (Phi) is 5.17. The molecule has 0 spiro atoms. The highest BCUT2D eigenvalue weighted by Crippen LogP contribution is 2.19. The first-order valence-electron chi connectivity index (χ1n) is 6.76. The summed E-state index contributed by atoms with van der Waals surface area (Å²) in [5, 5.41) is 17.8. The molecule has 0 aliphatic carbocycles. The Bertz CT molecular complexity index is 580. The molecule has 108 valence electrons. The molecule has 0 radical (unpaired) electrons. The predicted molar refractivity (Wildman–Crippen MR) is 80.5 cm³/mol. The van der Waals surface area contributed by atoms with Crippen LogP contribution in [0, 0.1) is 0 Å². The number of benzene rings is 1. The van der Waals surface area contributed by atoms with Crippen molar-refractivity contribution in [3.8, 4) is 0 Å². The van der Waals surface area contributed by atoms with Crippen LogP contribution in [0.1, 0.15) is 29.3 Å². The number of aliphatic hydroxyl groups is 1. The first-order valence-corrected chi connectivity index (χ1v) is 7.13. The number of aryl methyl sites for hydroxylation is 2. The molecule has 0 aliphatic heterocycles. The zero-order valence-electron chi connectivity index (χ0n) is 11.9. The number of rotatable bonds is 6. The zero-order chi connectivity index (χ0) is 14.5. The Labute approximate surface area is 124 Å². The normalized spacial score (nSPS) is 11.0. The lowest BCUT2D eigenvalue weighted by Crippen LogP contribution is -2.15. The van der Waals surface area contributed by atoms with Gasteiger partial charge in [-0.3, -0.25) is 4.68 Å². The van der Waals surface area contributed by atoms with Crippen molar-refractivity contribution < 1.29 is 5.11 Å². The van der Waals surface area contributed by atoms with E-state index in [1.54, 1.807) is 4.68 Å². The van der Waals surface area contributed by atoms with E-state index >= 15 is 0 Å². The van der Waals surface area contributed by atoms with Crippen LogP contribution in [-0.4, -0.2) is 14.9 Å². The Morgan fingerprint density at radius 2 is 1.95 bits per heavy atom. The molecule has 0 saturated heterocycles. The van der Waals surface area contributed by atoms with Gasteiger partial charge in [-0.2, -0.15) is 5.10 Å². The van der Waals surface area contributed by atoms with Crippen molar-refractivity contribution in [2.45, 2.75) is 33.0 Å². The van der Waals surface area contributed by atoms with Gasteiger partial charge in [0.25, 0.3) is 0 Å². The molecular formula is C15H20ClN3O. The van der Waals surface area contributed by atoms with Crippen LogP contribution in [0.4, 0.5) is 0 Å². The zero-order valence-corrected chi connectivity index (χ0v) is 12.6. The molecule has 0 aliphatic rings. The lowest BCUT2D eigenvalue weighted by Gasteiger charge is -2.09. The predicted octanol–water partition coefficient (Wildman–Crippen LogP) is 2.42. The van der Waals surface area contributed by atoms with E-state index in [0.29, 0.717) is 18.2 Å².